The van der Waals surface area contributed by atoms with Crippen LogP contribution in [0.5, 0.6) is 0 Å². The van der Waals surface area contributed by atoms with Crippen LogP contribution >= 0.6 is 0 Å². The topological polar surface area (TPSA) is 91.6 Å². The summed E-state index contributed by atoms with van der Waals surface area (Å²) in [5.74, 6) is 1.42. The maximum atomic E-state index is 11.0. The maximum absolute atomic E-state index is 11.0. The van der Waals surface area contributed by atoms with Crippen LogP contribution in [0.4, 0.5) is 0 Å². The van der Waals surface area contributed by atoms with Crippen LogP contribution in [-0.4, -0.2) is 68.5 Å². The van der Waals surface area contributed by atoms with Crippen LogP contribution in [-0.2, 0) is 23.5 Å². The number of sulfonamides is 1. The van der Waals surface area contributed by atoms with E-state index in [0.29, 0.717) is 19.0 Å². The van der Waals surface area contributed by atoms with Crippen molar-refractivity contribution in [3.05, 3.63) is 18.0 Å². The first kappa shape index (κ1) is 17.7. The fourth-order valence-corrected chi connectivity index (χ4v) is 3.32. The van der Waals surface area contributed by atoms with Gasteiger partial charge in [-0.3, -0.25) is 9.67 Å². The Balaban J connectivity index is 1.77. The number of aryl methyl sites for hydroxylation is 1. The number of hydrogen-bond donors (Lipinski definition) is 2. The molecule has 130 valence electrons. The molecule has 0 saturated carbocycles. The number of aliphatic imine (C=N–C) groups is 1. The first-order chi connectivity index (χ1) is 10.9. The Labute approximate surface area is 138 Å². The van der Waals surface area contributed by atoms with E-state index in [0.717, 1.165) is 38.1 Å². The summed E-state index contributed by atoms with van der Waals surface area (Å²) in [5, 5.41) is 7.41. The zero-order valence-corrected chi connectivity index (χ0v) is 14.8. The third-order valence-corrected chi connectivity index (χ3v) is 4.58. The molecule has 0 aromatic carbocycles. The van der Waals surface area contributed by atoms with Crippen molar-refractivity contribution in [3.8, 4) is 0 Å². The summed E-state index contributed by atoms with van der Waals surface area (Å²) in [7, 11) is 0.541. The van der Waals surface area contributed by atoms with Crippen LogP contribution in [0.1, 0.15) is 12.0 Å². The molecule has 1 unspecified atom stereocenters. The lowest BCUT2D eigenvalue weighted by Crippen LogP contribution is -2.43. The molecule has 9 heteroatoms. The normalized spacial score (nSPS) is 19.3. The Bertz CT molecular complexity index is 639. The van der Waals surface area contributed by atoms with Crippen LogP contribution in [0.2, 0.25) is 0 Å². The van der Waals surface area contributed by atoms with Crippen molar-refractivity contribution < 1.29 is 8.42 Å². The average Bonchev–Trinajstić information content (AvgIpc) is 3.08. The monoisotopic (exact) mass is 342 g/mol. The second-order valence-electron chi connectivity index (χ2n) is 5.97. The van der Waals surface area contributed by atoms with Crippen LogP contribution < -0.4 is 10.0 Å². The number of rotatable bonds is 6. The second kappa shape index (κ2) is 7.78. The summed E-state index contributed by atoms with van der Waals surface area (Å²) in [4.78, 5) is 6.51. The minimum absolute atomic E-state index is 0.352. The molecule has 2 heterocycles. The Kier molecular flexibility index (Phi) is 6.00. The minimum Gasteiger partial charge on any atom is -0.355 e. The van der Waals surface area contributed by atoms with Crippen LogP contribution in [0, 0.1) is 5.92 Å². The van der Waals surface area contributed by atoms with E-state index in [1.165, 1.54) is 5.56 Å². The highest BCUT2D eigenvalue weighted by Crippen LogP contribution is 2.20. The van der Waals surface area contributed by atoms with Gasteiger partial charge in [0, 0.05) is 46.5 Å². The van der Waals surface area contributed by atoms with Gasteiger partial charge in [0.25, 0.3) is 0 Å². The van der Waals surface area contributed by atoms with Crippen LogP contribution in [0.25, 0.3) is 0 Å². The standard InChI is InChI=1S/C14H26N6O2S/c1-15-14(16-5-6-18-23(3,21)22)20-7-4-12(11-20)8-13-9-17-19(2)10-13/h9-10,12,18H,4-8,11H2,1-3H3,(H,15,16). The third-order valence-electron chi connectivity index (χ3n) is 3.85. The molecule has 1 atom stereocenters. The van der Waals surface area contributed by atoms with Gasteiger partial charge in [0.1, 0.15) is 0 Å². The first-order valence-electron chi connectivity index (χ1n) is 7.75. The van der Waals surface area contributed by atoms with Gasteiger partial charge in [0.15, 0.2) is 5.96 Å². The molecule has 1 aliphatic rings. The van der Waals surface area contributed by atoms with Gasteiger partial charge in [-0.25, -0.2) is 13.1 Å². The number of aromatic nitrogens is 2. The van der Waals surface area contributed by atoms with Crippen molar-refractivity contribution in [3.63, 3.8) is 0 Å². The summed E-state index contributed by atoms with van der Waals surface area (Å²) in [6, 6.07) is 0. The quantitative estimate of drug-likeness (QED) is 0.410. The highest BCUT2D eigenvalue weighted by atomic mass is 32.2. The van der Waals surface area contributed by atoms with Crippen molar-refractivity contribution in [2.75, 3.05) is 39.5 Å². The predicted molar refractivity (Wildman–Crippen MR) is 90.8 cm³/mol. The highest BCUT2D eigenvalue weighted by Gasteiger charge is 2.25. The number of guanidine groups is 1. The number of hydrogen-bond acceptors (Lipinski definition) is 4. The van der Waals surface area contributed by atoms with Crippen LogP contribution in [0.3, 0.4) is 0 Å². The van der Waals surface area contributed by atoms with Gasteiger partial charge in [-0.2, -0.15) is 5.10 Å². The van der Waals surface area contributed by atoms with E-state index in [1.807, 2.05) is 17.9 Å². The molecule has 1 aromatic heterocycles. The van der Waals surface area contributed by atoms with E-state index >= 15 is 0 Å². The Hall–Kier alpha value is -1.61. The molecule has 0 amide bonds. The summed E-state index contributed by atoms with van der Waals surface area (Å²) in [6.45, 7) is 2.78. The Morgan fingerprint density at radius 1 is 1.48 bits per heavy atom. The molecular formula is C14H26N6O2S. The SMILES string of the molecule is CN=C(NCCNS(C)(=O)=O)N1CCC(Cc2cnn(C)c2)C1. The van der Waals surface area contributed by atoms with E-state index in [2.05, 4.69) is 31.2 Å². The van der Waals surface area contributed by atoms with Gasteiger partial charge in [-0.1, -0.05) is 0 Å². The molecule has 2 rings (SSSR count). The smallest absolute Gasteiger partial charge is 0.208 e. The lowest BCUT2D eigenvalue weighted by atomic mass is 10.0. The summed E-state index contributed by atoms with van der Waals surface area (Å²) >= 11 is 0. The van der Waals surface area contributed by atoms with Crippen molar-refractivity contribution in [2.24, 2.45) is 18.0 Å². The van der Waals surface area contributed by atoms with Gasteiger partial charge < -0.3 is 10.2 Å². The summed E-state index contributed by atoms with van der Waals surface area (Å²) in [5.41, 5.74) is 1.26. The maximum Gasteiger partial charge on any atom is 0.208 e. The van der Waals surface area contributed by atoms with Crippen molar-refractivity contribution in [1.29, 1.82) is 0 Å². The van der Waals surface area contributed by atoms with Gasteiger partial charge in [0.2, 0.25) is 10.0 Å². The van der Waals surface area contributed by atoms with E-state index in [9.17, 15) is 8.42 Å². The molecule has 0 radical (unpaired) electrons. The lowest BCUT2D eigenvalue weighted by molar-refractivity contribution is 0.460. The zero-order valence-electron chi connectivity index (χ0n) is 14.0. The average molecular weight is 342 g/mol. The molecule has 0 aliphatic carbocycles. The number of likely N-dealkylation sites (tertiary alicyclic amines) is 1. The Morgan fingerprint density at radius 2 is 2.26 bits per heavy atom. The Morgan fingerprint density at radius 3 is 2.87 bits per heavy atom. The fourth-order valence-electron chi connectivity index (χ4n) is 2.85. The molecule has 2 N–H and O–H groups in total. The molecular weight excluding hydrogens is 316 g/mol. The van der Waals surface area contributed by atoms with E-state index in [4.69, 9.17) is 0 Å². The van der Waals surface area contributed by atoms with Gasteiger partial charge in [-0.05, 0) is 24.3 Å². The molecule has 23 heavy (non-hydrogen) atoms. The van der Waals surface area contributed by atoms with E-state index < -0.39 is 10.0 Å². The number of nitrogens with one attached hydrogen (secondary N) is 2. The molecule has 0 bridgehead atoms. The largest absolute Gasteiger partial charge is 0.355 e. The van der Waals surface area contributed by atoms with Crippen LogP contribution in [0.15, 0.2) is 17.4 Å². The fraction of sp³-hybridized carbons (Fsp3) is 0.714. The molecule has 1 saturated heterocycles. The van der Waals surface area contributed by atoms with E-state index in [1.54, 1.807) is 7.05 Å². The second-order valence-corrected chi connectivity index (χ2v) is 7.80. The minimum atomic E-state index is -3.14. The van der Waals surface area contributed by atoms with Gasteiger partial charge in [-0.15, -0.1) is 0 Å². The summed E-state index contributed by atoms with van der Waals surface area (Å²) in [6.07, 6.45) is 7.29. The highest BCUT2D eigenvalue weighted by molar-refractivity contribution is 7.88. The molecule has 1 fully saturated rings. The predicted octanol–water partition coefficient (Wildman–Crippen LogP) is -0.591. The van der Waals surface area contributed by atoms with Crippen molar-refractivity contribution in [1.82, 2.24) is 24.7 Å². The number of nitrogens with zero attached hydrogens (tertiary/aromatic N) is 4. The van der Waals surface area contributed by atoms with Crippen molar-refractivity contribution >= 4 is 16.0 Å². The first-order valence-corrected chi connectivity index (χ1v) is 9.64. The zero-order chi connectivity index (χ0) is 16.9. The molecule has 8 nitrogen and oxygen atoms in total. The third kappa shape index (κ3) is 5.83. The lowest BCUT2D eigenvalue weighted by Gasteiger charge is -2.21. The van der Waals surface area contributed by atoms with Gasteiger partial charge >= 0.3 is 0 Å². The summed E-state index contributed by atoms with van der Waals surface area (Å²) < 4.78 is 26.4. The van der Waals surface area contributed by atoms with Crippen molar-refractivity contribution in [2.45, 2.75) is 12.8 Å². The van der Waals surface area contributed by atoms with Gasteiger partial charge in [0.05, 0.1) is 12.5 Å². The molecule has 1 aliphatic heterocycles. The van der Waals surface area contributed by atoms with E-state index in [-0.39, 0.29) is 0 Å². The molecule has 0 spiro atoms. The molecule has 1 aromatic rings.